The molecule has 1 saturated carbocycles. The van der Waals surface area contributed by atoms with Gasteiger partial charge in [0, 0.05) is 39.1 Å². The largest absolute Gasteiger partial charge is 0.496 e. The number of nitrogens with one attached hydrogen (secondary N) is 1. The van der Waals surface area contributed by atoms with E-state index in [1.54, 1.807) is 19.2 Å². The maximum Gasteiger partial charge on any atom is 0.132 e. The lowest BCUT2D eigenvalue weighted by Crippen LogP contribution is -2.39. The van der Waals surface area contributed by atoms with Gasteiger partial charge in [-0.2, -0.15) is 0 Å². The van der Waals surface area contributed by atoms with Crippen molar-refractivity contribution in [3.8, 4) is 5.75 Å². The molecule has 26 heavy (non-hydrogen) atoms. The number of hydrogen-bond donors (Lipinski definition) is 1. The van der Waals surface area contributed by atoms with Crippen molar-refractivity contribution in [2.45, 2.75) is 24.3 Å². The second-order valence-corrected chi connectivity index (χ2v) is 8.00. The fraction of sp³-hybridized carbons (Fsp3) is 0.333. The molecule has 2 aromatic carbocycles. The van der Waals surface area contributed by atoms with Crippen LogP contribution < -0.4 is 4.74 Å². The van der Waals surface area contributed by atoms with E-state index in [1.165, 1.54) is 0 Å². The molecule has 1 N–H and O–H groups in total. The van der Waals surface area contributed by atoms with Crippen molar-refractivity contribution in [2.24, 2.45) is 0 Å². The molecule has 0 amide bonds. The smallest absolute Gasteiger partial charge is 0.132 e. The van der Waals surface area contributed by atoms with Crippen LogP contribution in [0.4, 0.5) is 4.39 Å². The minimum absolute atomic E-state index is 0.0183. The Balaban J connectivity index is 1.79. The lowest BCUT2D eigenvalue weighted by molar-refractivity contribution is 0.223. The van der Waals surface area contributed by atoms with Crippen molar-refractivity contribution in [1.29, 1.82) is 0 Å². The number of fused-ring (bicyclic) bond motifs is 4. The molecular weight excluding hydrogens is 351 g/mol. The minimum Gasteiger partial charge on any atom is -0.496 e. The Labute approximate surface area is 156 Å². The van der Waals surface area contributed by atoms with Gasteiger partial charge in [0.25, 0.3) is 0 Å². The maximum atomic E-state index is 14.7. The average Bonchev–Trinajstić information content (AvgIpc) is 3.25. The van der Waals surface area contributed by atoms with Crippen molar-refractivity contribution >= 4 is 22.5 Å². The lowest BCUT2D eigenvalue weighted by atomic mass is 9.83. The van der Waals surface area contributed by atoms with Gasteiger partial charge >= 0.3 is 0 Å². The highest BCUT2D eigenvalue weighted by Crippen LogP contribution is 2.58. The Morgan fingerprint density at radius 1 is 1.27 bits per heavy atom. The fourth-order valence-corrected chi connectivity index (χ4v) is 4.87. The second kappa shape index (κ2) is 5.48. The van der Waals surface area contributed by atoms with E-state index < -0.39 is 0 Å². The molecule has 134 valence electrons. The molecule has 1 atom stereocenters. The Bertz CT molecular complexity index is 1020. The lowest BCUT2D eigenvalue weighted by Gasteiger charge is -2.38. The predicted octanol–water partition coefficient (Wildman–Crippen LogP) is 5.04. The van der Waals surface area contributed by atoms with Gasteiger partial charge in [-0.15, -0.1) is 0 Å². The van der Waals surface area contributed by atoms with Crippen LogP contribution in [0.15, 0.2) is 36.4 Å². The van der Waals surface area contributed by atoms with Gasteiger partial charge in [-0.25, -0.2) is 4.39 Å². The monoisotopic (exact) mass is 370 g/mol. The maximum absolute atomic E-state index is 14.7. The van der Waals surface area contributed by atoms with Gasteiger partial charge < -0.3 is 9.72 Å². The molecule has 1 aliphatic carbocycles. The summed E-state index contributed by atoms with van der Waals surface area (Å²) in [5.41, 5.74) is 4.22. The number of aromatic amines is 1. The van der Waals surface area contributed by atoms with Gasteiger partial charge in [0.2, 0.25) is 0 Å². The second-order valence-electron chi connectivity index (χ2n) is 7.56. The zero-order chi connectivity index (χ0) is 18.1. The number of ether oxygens (including phenoxy) is 1. The number of H-pyrrole nitrogens is 1. The molecular formula is C21H20ClFN2O. The van der Waals surface area contributed by atoms with E-state index in [9.17, 15) is 4.39 Å². The third-order valence-corrected chi connectivity index (χ3v) is 6.18. The van der Waals surface area contributed by atoms with Crippen molar-refractivity contribution in [3.05, 3.63) is 64.1 Å². The van der Waals surface area contributed by atoms with Crippen LogP contribution in [-0.4, -0.2) is 30.6 Å². The van der Waals surface area contributed by atoms with Crippen LogP contribution in [0.1, 0.15) is 35.7 Å². The quantitative estimate of drug-likeness (QED) is 0.684. The Morgan fingerprint density at radius 2 is 2.08 bits per heavy atom. The molecule has 0 bridgehead atoms. The first-order chi connectivity index (χ1) is 12.5. The molecule has 1 aliphatic heterocycles. The molecule has 3 nitrogen and oxygen atoms in total. The third-order valence-electron chi connectivity index (χ3n) is 5.94. The molecule has 2 aliphatic rings. The highest BCUT2D eigenvalue weighted by Gasteiger charge is 2.53. The van der Waals surface area contributed by atoms with Crippen LogP contribution in [0.3, 0.4) is 0 Å². The summed E-state index contributed by atoms with van der Waals surface area (Å²) in [5.74, 6) is 0.615. The standard InChI is InChI=1S/C21H20ClFN2O/c1-25-11-21(8-9-21)18-17-14(23)4-3-5-15(17)24-19(18)20(25)13-7-6-12(22)10-16(13)26-2/h3-7,10,20,24H,8-9,11H2,1-2H3. The summed E-state index contributed by atoms with van der Waals surface area (Å²) in [6.45, 7) is 0.914. The Morgan fingerprint density at radius 3 is 2.81 bits per heavy atom. The number of methoxy groups -OCH3 is 1. The molecule has 1 spiro atoms. The summed E-state index contributed by atoms with van der Waals surface area (Å²) in [5, 5.41) is 1.40. The fourth-order valence-electron chi connectivity index (χ4n) is 4.71. The molecule has 1 unspecified atom stereocenters. The summed E-state index contributed by atoms with van der Waals surface area (Å²) in [7, 11) is 3.79. The van der Waals surface area contributed by atoms with Crippen LogP contribution in [-0.2, 0) is 5.41 Å². The van der Waals surface area contributed by atoms with Crippen LogP contribution in [0.2, 0.25) is 5.02 Å². The first kappa shape index (κ1) is 16.2. The summed E-state index contributed by atoms with van der Waals surface area (Å²) < 4.78 is 20.3. The summed E-state index contributed by atoms with van der Waals surface area (Å²) in [6, 6.07) is 11.0. The number of rotatable bonds is 2. The number of hydrogen-bond acceptors (Lipinski definition) is 2. The van der Waals surface area contributed by atoms with Crippen molar-refractivity contribution in [3.63, 3.8) is 0 Å². The molecule has 0 radical (unpaired) electrons. The Kier molecular flexibility index (Phi) is 3.40. The van der Waals surface area contributed by atoms with Gasteiger partial charge in [0.1, 0.15) is 11.6 Å². The van der Waals surface area contributed by atoms with Crippen LogP contribution >= 0.6 is 11.6 Å². The summed E-state index contributed by atoms with van der Waals surface area (Å²) >= 11 is 6.16. The van der Waals surface area contributed by atoms with Gasteiger partial charge in [-0.3, -0.25) is 4.90 Å². The van der Waals surface area contributed by atoms with Crippen LogP contribution in [0.25, 0.3) is 10.9 Å². The molecule has 5 rings (SSSR count). The Hall–Kier alpha value is -2.04. The highest BCUT2D eigenvalue weighted by atomic mass is 35.5. The first-order valence-corrected chi connectivity index (χ1v) is 9.26. The molecule has 0 saturated heterocycles. The average molecular weight is 371 g/mol. The molecule has 3 aromatic rings. The van der Waals surface area contributed by atoms with Crippen LogP contribution in [0, 0.1) is 5.82 Å². The van der Waals surface area contributed by atoms with Gasteiger partial charge in [-0.05, 0) is 49.7 Å². The number of halogens is 2. The molecule has 1 aromatic heterocycles. The van der Waals surface area contributed by atoms with E-state index in [4.69, 9.17) is 16.3 Å². The topological polar surface area (TPSA) is 28.3 Å². The SMILES string of the molecule is COc1cc(Cl)ccc1C1c2[nH]c3cccc(F)c3c2C2(CC2)CN1C. The van der Waals surface area contributed by atoms with E-state index in [-0.39, 0.29) is 17.3 Å². The predicted molar refractivity (Wildman–Crippen MR) is 102 cm³/mol. The van der Waals surface area contributed by atoms with Gasteiger partial charge in [-0.1, -0.05) is 23.7 Å². The van der Waals surface area contributed by atoms with Crippen molar-refractivity contribution in [2.75, 3.05) is 20.7 Å². The van der Waals surface area contributed by atoms with Crippen molar-refractivity contribution < 1.29 is 9.13 Å². The molecule has 5 heteroatoms. The number of likely N-dealkylation sites (N-methyl/N-ethyl adjacent to an activating group) is 1. The van der Waals surface area contributed by atoms with Crippen LogP contribution in [0.5, 0.6) is 5.75 Å². The summed E-state index contributed by atoms with van der Waals surface area (Å²) in [6.07, 6.45) is 2.21. The zero-order valence-corrected chi connectivity index (χ0v) is 15.5. The normalized spacial score (nSPS) is 21.2. The van der Waals surface area contributed by atoms with Crippen molar-refractivity contribution in [1.82, 2.24) is 9.88 Å². The van der Waals surface area contributed by atoms with Gasteiger partial charge in [0.15, 0.2) is 0 Å². The van der Waals surface area contributed by atoms with E-state index >= 15 is 0 Å². The molecule has 2 heterocycles. The van der Waals surface area contributed by atoms with E-state index in [0.717, 1.165) is 52.9 Å². The third kappa shape index (κ3) is 2.15. The first-order valence-electron chi connectivity index (χ1n) is 8.88. The van der Waals surface area contributed by atoms with E-state index in [2.05, 4.69) is 16.9 Å². The van der Waals surface area contributed by atoms with Gasteiger partial charge in [0.05, 0.1) is 13.2 Å². The van der Waals surface area contributed by atoms with E-state index in [1.807, 2.05) is 24.3 Å². The minimum atomic E-state index is -0.141. The van der Waals surface area contributed by atoms with E-state index in [0.29, 0.717) is 5.02 Å². The zero-order valence-electron chi connectivity index (χ0n) is 14.8. The number of benzene rings is 2. The molecule has 1 fully saturated rings. The highest BCUT2D eigenvalue weighted by molar-refractivity contribution is 6.30. The number of aromatic nitrogens is 1. The number of nitrogens with zero attached hydrogens (tertiary/aromatic N) is 1. The summed E-state index contributed by atoms with van der Waals surface area (Å²) in [4.78, 5) is 5.87.